The molecule has 0 radical (unpaired) electrons. The minimum Gasteiger partial charge on any atom is -0.481 e. The molecule has 0 spiro atoms. The number of aliphatic carboxylic acids is 2. The Labute approximate surface area is 111 Å². The predicted molar refractivity (Wildman–Crippen MR) is 65.3 cm³/mol. The maximum atomic E-state index is 11.2. The lowest BCUT2D eigenvalue weighted by Crippen LogP contribution is -2.35. The zero-order valence-electron chi connectivity index (χ0n) is 10.9. The normalized spacial score (nSPS) is 28.1. The molecule has 0 amide bonds. The molecule has 6 nitrogen and oxygen atoms in total. The highest BCUT2D eigenvalue weighted by Crippen LogP contribution is 2.37. The summed E-state index contributed by atoms with van der Waals surface area (Å²) in [6, 6.07) is 0. The van der Waals surface area contributed by atoms with Gasteiger partial charge in [-0.25, -0.2) is 0 Å². The summed E-state index contributed by atoms with van der Waals surface area (Å²) in [7, 11) is 0. The lowest BCUT2D eigenvalue weighted by molar-refractivity contribution is -0.147. The second-order valence-electron chi connectivity index (χ2n) is 4.98. The first-order chi connectivity index (χ1) is 8.88. The molecule has 106 valence electrons. The lowest BCUT2D eigenvalue weighted by atomic mass is 9.72. The van der Waals surface area contributed by atoms with Crippen LogP contribution in [0.5, 0.6) is 0 Å². The molecular formula is C13H18O6. The van der Waals surface area contributed by atoms with Crippen molar-refractivity contribution in [1.29, 1.82) is 0 Å². The first kappa shape index (κ1) is 15.2. The Bertz CT molecular complexity index is 400. The van der Waals surface area contributed by atoms with E-state index in [0.717, 1.165) is 0 Å². The van der Waals surface area contributed by atoms with Crippen LogP contribution < -0.4 is 0 Å². The summed E-state index contributed by atoms with van der Waals surface area (Å²) in [5.74, 6) is -3.81. The summed E-state index contributed by atoms with van der Waals surface area (Å²) < 4.78 is 4.55. The van der Waals surface area contributed by atoms with Crippen molar-refractivity contribution in [2.24, 2.45) is 23.7 Å². The number of hydrogen-bond acceptors (Lipinski definition) is 4. The van der Waals surface area contributed by atoms with E-state index in [1.807, 2.05) is 0 Å². The monoisotopic (exact) mass is 270 g/mol. The van der Waals surface area contributed by atoms with Crippen molar-refractivity contribution in [2.75, 3.05) is 6.61 Å². The molecule has 1 rings (SSSR count). The zero-order chi connectivity index (χ0) is 14.6. The fourth-order valence-electron chi connectivity index (χ4n) is 2.76. The highest BCUT2D eigenvalue weighted by molar-refractivity contribution is 5.75. The molecule has 2 N–H and O–H groups in total. The van der Waals surface area contributed by atoms with E-state index in [1.165, 1.54) is 0 Å². The summed E-state index contributed by atoms with van der Waals surface area (Å²) in [4.78, 5) is 32.5. The summed E-state index contributed by atoms with van der Waals surface area (Å²) in [6.45, 7) is 3.51. The topological polar surface area (TPSA) is 101 Å². The summed E-state index contributed by atoms with van der Waals surface area (Å²) in [6.07, 6.45) is 2.14. The van der Waals surface area contributed by atoms with E-state index in [4.69, 9.17) is 10.2 Å². The molecule has 4 atom stereocenters. The van der Waals surface area contributed by atoms with Gasteiger partial charge in [-0.2, -0.15) is 0 Å². The lowest BCUT2D eigenvalue weighted by Gasteiger charge is -2.32. The van der Waals surface area contributed by atoms with Gasteiger partial charge in [0.05, 0.1) is 11.8 Å². The Balaban J connectivity index is 2.92. The average molecular weight is 270 g/mol. The zero-order valence-corrected chi connectivity index (χ0v) is 10.9. The number of allylic oxidation sites excluding steroid dienone is 1. The van der Waals surface area contributed by atoms with E-state index >= 15 is 0 Å². The fourth-order valence-corrected chi connectivity index (χ4v) is 2.76. The van der Waals surface area contributed by atoms with Gasteiger partial charge >= 0.3 is 11.9 Å². The van der Waals surface area contributed by atoms with Crippen LogP contribution in [-0.2, 0) is 19.1 Å². The molecule has 0 saturated carbocycles. The first-order valence-corrected chi connectivity index (χ1v) is 6.07. The number of carbonyl (C=O) groups excluding carboxylic acids is 1. The number of carbonyl (C=O) groups is 3. The van der Waals surface area contributed by atoms with Gasteiger partial charge in [0.2, 0.25) is 0 Å². The molecule has 0 aromatic carbocycles. The van der Waals surface area contributed by atoms with Crippen LogP contribution in [0.1, 0.15) is 20.3 Å². The minimum atomic E-state index is -1.04. The van der Waals surface area contributed by atoms with Crippen LogP contribution in [0.25, 0.3) is 0 Å². The fraction of sp³-hybridized carbons (Fsp3) is 0.615. The summed E-state index contributed by atoms with van der Waals surface area (Å²) in [5, 5.41) is 18.3. The van der Waals surface area contributed by atoms with Crippen molar-refractivity contribution in [3.8, 4) is 0 Å². The van der Waals surface area contributed by atoms with E-state index in [2.05, 4.69) is 4.74 Å². The smallest absolute Gasteiger partial charge is 0.310 e. The third-order valence-electron chi connectivity index (χ3n) is 3.62. The van der Waals surface area contributed by atoms with Gasteiger partial charge in [0.15, 0.2) is 0 Å². The van der Waals surface area contributed by atoms with Crippen LogP contribution in [-0.4, -0.2) is 35.2 Å². The predicted octanol–water partition coefficient (Wildman–Crippen LogP) is 1.16. The van der Waals surface area contributed by atoms with Crippen molar-refractivity contribution in [2.45, 2.75) is 20.3 Å². The number of carboxylic acids is 2. The van der Waals surface area contributed by atoms with E-state index < -0.39 is 23.8 Å². The molecule has 4 unspecified atom stereocenters. The van der Waals surface area contributed by atoms with Gasteiger partial charge in [0.1, 0.15) is 6.61 Å². The van der Waals surface area contributed by atoms with Crippen LogP contribution in [0.2, 0.25) is 0 Å². The maximum Gasteiger partial charge on any atom is 0.310 e. The SMILES string of the molecule is CC1=CC(C(COC=O)C(=O)O)CC(C)C1C(=O)O. The third-order valence-corrected chi connectivity index (χ3v) is 3.62. The van der Waals surface area contributed by atoms with E-state index in [0.29, 0.717) is 12.0 Å². The van der Waals surface area contributed by atoms with Gasteiger partial charge in [-0.3, -0.25) is 14.4 Å². The molecule has 0 saturated heterocycles. The number of ether oxygens (including phenoxy) is 1. The van der Waals surface area contributed by atoms with Crippen LogP contribution in [0.3, 0.4) is 0 Å². The second kappa shape index (κ2) is 6.36. The minimum absolute atomic E-state index is 0.148. The van der Waals surface area contributed by atoms with Crippen LogP contribution in [0.15, 0.2) is 11.6 Å². The summed E-state index contributed by atoms with van der Waals surface area (Å²) >= 11 is 0. The molecule has 1 aliphatic carbocycles. The third kappa shape index (κ3) is 3.56. The van der Waals surface area contributed by atoms with Crippen LogP contribution >= 0.6 is 0 Å². The van der Waals surface area contributed by atoms with Crippen molar-refractivity contribution < 1.29 is 29.3 Å². The van der Waals surface area contributed by atoms with Gasteiger partial charge in [-0.15, -0.1) is 0 Å². The van der Waals surface area contributed by atoms with Gasteiger partial charge in [0, 0.05) is 0 Å². The van der Waals surface area contributed by atoms with Gasteiger partial charge in [-0.1, -0.05) is 18.6 Å². The van der Waals surface area contributed by atoms with Gasteiger partial charge < -0.3 is 14.9 Å². The molecule has 0 aromatic heterocycles. The Morgan fingerprint density at radius 3 is 2.58 bits per heavy atom. The first-order valence-electron chi connectivity index (χ1n) is 6.07. The summed E-state index contributed by atoms with van der Waals surface area (Å²) in [5.41, 5.74) is 0.661. The molecule has 0 aliphatic heterocycles. The molecule has 0 heterocycles. The standard InChI is InChI=1S/C13H18O6/c1-7-3-9(4-8(2)11(7)13(17)18)10(12(15)16)5-19-6-14/h3,6,8-11H,4-5H2,1-2H3,(H,15,16)(H,17,18). The van der Waals surface area contributed by atoms with Crippen molar-refractivity contribution >= 4 is 18.4 Å². The highest BCUT2D eigenvalue weighted by Gasteiger charge is 2.37. The van der Waals surface area contributed by atoms with E-state index in [1.54, 1.807) is 19.9 Å². The molecule has 0 aromatic rings. The Morgan fingerprint density at radius 1 is 1.53 bits per heavy atom. The molecule has 1 aliphatic rings. The average Bonchev–Trinajstić information content (AvgIpc) is 2.27. The van der Waals surface area contributed by atoms with Crippen molar-refractivity contribution in [3.63, 3.8) is 0 Å². The maximum absolute atomic E-state index is 11.2. The van der Waals surface area contributed by atoms with E-state index in [-0.39, 0.29) is 24.9 Å². The molecule has 0 fully saturated rings. The Kier molecular flexibility index (Phi) is 5.09. The van der Waals surface area contributed by atoms with Crippen molar-refractivity contribution in [3.05, 3.63) is 11.6 Å². The van der Waals surface area contributed by atoms with E-state index in [9.17, 15) is 14.4 Å². The molecular weight excluding hydrogens is 252 g/mol. The Hall–Kier alpha value is -1.85. The second-order valence-corrected chi connectivity index (χ2v) is 4.98. The molecule has 6 heteroatoms. The quantitative estimate of drug-likeness (QED) is 0.555. The number of rotatable bonds is 6. The largest absolute Gasteiger partial charge is 0.481 e. The van der Waals surface area contributed by atoms with Gasteiger partial charge in [0.25, 0.3) is 6.47 Å². The number of hydrogen-bond donors (Lipinski definition) is 2. The van der Waals surface area contributed by atoms with Crippen LogP contribution in [0.4, 0.5) is 0 Å². The number of carboxylic acid groups (broad SMARTS) is 2. The molecule has 19 heavy (non-hydrogen) atoms. The highest BCUT2D eigenvalue weighted by atomic mass is 16.5. The Morgan fingerprint density at radius 2 is 2.16 bits per heavy atom. The van der Waals surface area contributed by atoms with Gasteiger partial charge in [-0.05, 0) is 25.2 Å². The molecule has 0 bridgehead atoms. The van der Waals surface area contributed by atoms with Crippen LogP contribution in [0, 0.1) is 23.7 Å². The van der Waals surface area contributed by atoms with Crippen molar-refractivity contribution in [1.82, 2.24) is 0 Å².